The highest BCUT2D eigenvalue weighted by molar-refractivity contribution is 7.85. The van der Waals surface area contributed by atoms with Gasteiger partial charge in [0.05, 0.1) is 10.5 Å². The van der Waals surface area contributed by atoms with E-state index in [0.717, 1.165) is 0 Å². The van der Waals surface area contributed by atoms with Crippen LogP contribution in [0.5, 0.6) is 5.75 Å². The minimum Gasteiger partial charge on any atom is -0.452 e. The monoisotopic (exact) mass is 600 g/mol. The summed E-state index contributed by atoms with van der Waals surface area (Å²) in [5.41, 5.74) is -20.6. The van der Waals surface area contributed by atoms with Crippen LogP contribution in [0.2, 0.25) is 0 Å². The smallest absolute Gasteiger partial charge is 0.449 e. The van der Waals surface area contributed by atoms with Crippen LogP contribution >= 0.6 is 0 Å². The third-order valence-electron chi connectivity index (χ3n) is 4.19. The molecule has 0 amide bonds. The van der Waals surface area contributed by atoms with Gasteiger partial charge in [0.2, 0.25) is 5.76 Å². The first kappa shape index (κ1) is 32.6. The van der Waals surface area contributed by atoms with E-state index >= 15 is 0 Å². The fourth-order valence-corrected chi connectivity index (χ4v) is 3.01. The van der Waals surface area contributed by atoms with Crippen molar-refractivity contribution in [2.75, 3.05) is 0 Å². The van der Waals surface area contributed by atoms with E-state index in [2.05, 4.69) is 4.74 Å². The largest absolute Gasteiger partial charge is 0.452 e. The van der Waals surface area contributed by atoms with Gasteiger partial charge >= 0.3 is 30.9 Å². The number of hydrogen-bond acceptors (Lipinski definition) is 5. The normalized spacial score (nSPS) is 15.0. The molecule has 0 bridgehead atoms. The summed E-state index contributed by atoms with van der Waals surface area (Å²) in [7, 11) is -5.18. The van der Waals surface area contributed by atoms with Crippen LogP contribution in [0.25, 0.3) is 0 Å². The predicted octanol–water partition coefficient (Wildman–Crippen LogP) is 4.84. The maximum atomic E-state index is 13.5. The predicted molar refractivity (Wildman–Crippen MR) is 84.1 cm³/mol. The van der Waals surface area contributed by atoms with Gasteiger partial charge in [0, 0.05) is 0 Å². The summed E-state index contributed by atoms with van der Waals surface area (Å²) in [4.78, 5) is -1.25. The maximum Gasteiger partial charge on any atom is 0.449 e. The molecule has 1 aromatic carbocycles. The Morgan fingerprint density at radius 2 is 0.919 bits per heavy atom. The average molecular weight is 600 g/mol. The lowest BCUT2D eigenvalue weighted by Gasteiger charge is -2.43. The third-order valence-corrected chi connectivity index (χ3v) is 5.06. The molecule has 0 aliphatic rings. The van der Waals surface area contributed by atoms with Gasteiger partial charge in [-0.15, -0.1) is 0 Å². The molecule has 0 radical (unpaired) electrons. The molecule has 37 heavy (non-hydrogen) atoms. The maximum absolute atomic E-state index is 13.5. The summed E-state index contributed by atoms with van der Waals surface area (Å²) in [5.74, 6) is -6.34. The molecule has 0 saturated carbocycles. The van der Waals surface area contributed by atoms with E-state index in [1.54, 1.807) is 0 Å². The summed E-state index contributed by atoms with van der Waals surface area (Å²) >= 11 is 0. The number of allylic oxidation sites excluding steroid dienone is 1. The molecule has 0 unspecified atom stereocenters. The van der Waals surface area contributed by atoms with Gasteiger partial charge in [-0.25, -0.2) is 0 Å². The molecule has 0 spiro atoms. The van der Waals surface area contributed by atoms with Crippen LogP contribution < -0.4 is 4.74 Å². The highest BCUT2D eigenvalue weighted by Gasteiger charge is 2.85. The summed E-state index contributed by atoms with van der Waals surface area (Å²) in [6, 6.07) is -0.296. The Kier molecular flexibility index (Phi) is 7.99. The van der Waals surface area contributed by atoms with E-state index in [1.807, 2.05) is 0 Å². The van der Waals surface area contributed by atoms with Crippen molar-refractivity contribution in [3.63, 3.8) is 0 Å². The molecule has 6 nitrogen and oxygen atoms in total. The summed E-state index contributed by atoms with van der Waals surface area (Å²) < 4.78 is 234. The van der Waals surface area contributed by atoms with Crippen LogP contribution in [-0.2, 0) is 10.1 Å². The van der Waals surface area contributed by atoms with Gasteiger partial charge in [-0.05, 0) is 24.3 Å². The van der Waals surface area contributed by atoms with Gasteiger partial charge in [-0.1, -0.05) is 0 Å². The van der Waals surface area contributed by atoms with E-state index in [1.165, 1.54) is 0 Å². The quantitative estimate of drug-likeness (QED) is 0.254. The van der Waals surface area contributed by atoms with E-state index in [9.17, 15) is 84.5 Å². The average Bonchev–Trinajstić information content (AvgIpc) is 2.62. The fraction of sp³-hybridized carbons (Fsp3) is 0.467. The number of halogens is 15. The van der Waals surface area contributed by atoms with Crippen molar-refractivity contribution in [2.45, 2.75) is 47.0 Å². The van der Waals surface area contributed by atoms with Gasteiger partial charge in [0.1, 0.15) is 5.75 Å². The first-order valence-corrected chi connectivity index (χ1v) is 9.67. The van der Waals surface area contributed by atoms with Gasteiger partial charge in [0.15, 0.2) is 0 Å². The van der Waals surface area contributed by atoms with Crippen LogP contribution in [0.1, 0.15) is 0 Å². The van der Waals surface area contributed by atoms with Crippen LogP contribution in [-0.4, -0.2) is 65.3 Å². The Hall–Kier alpha value is -2.46. The first-order valence-electron chi connectivity index (χ1n) is 8.23. The molecule has 0 fully saturated rings. The SMILES string of the molecule is O=S(=O)(O)c1ccc(OC(=C(C(O)(C(F)(F)F)C(F)(F)F)C(O)(C(F)(F)F)C(F)(F)F)C(F)(F)F)cc1. The molecule has 1 aromatic rings. The molecule has 0 aromatic heterocycles. The molecule has 1 rings (SSSR count). The molecule has 214 valence electrons. The second kappa shape index (κ2) is 9.08. The van der Waals surface area contributed by atoms with Gasteiger partial charge in [-0.2, -0.15) is 74.3 Å². The van der Waals surface area contributed by atoms with Crippen LogP contribution in [0.15, 0.2) is 40.5 Å². The van der Waals surface area contributed by atoms with Crippen LogP contribution in [0, 0.1) is 0 Å². The third kappa shape index (κ3) is 5.85. The minimum atomic E-state index is -7.85. The molecule has 0 aliphatic carbocycles. The Labute approximate surface area is 193 Å². The molecule has 22 heteroatoms. The number of benzene rings is 1. The lowest BCUT2D eigenvalue weighted by molar-refractivity contribution is -0.394. The van der Waals surface area contributed by atoms with E-state index in [4.69, 9.17) is 4.55 Å². The second-order valence-corrected chi connectivity index (χ2v) is 8.08. The number of hydrogen-bond donors (Lipinski definition) is 3. The van der Waals surface area contributed by atoms with Crippen LogP contribution in [0.4, 0.5) is 65.9 Å². The number of rotatable bonds is 5. The summed E-state index contributed by atoms with van der Waals surface area (Å²) in [5, 5.41) is 18.4. The first-order chi connectivity index (χ1) is 15.9. The Morgan fingerprint density at radius 3 is 1.14 bits per heavy atom. The molecular weight excluding hydrogens is 593 g/mol. The lowest BCUT2D eigenvalue weighted by Crippen LogP contribution is -2.70. The highest BCUT2D eigenvalue weighted by atomic mass is 32.2. The summed E-state index contributed by atoms with van der Waals surface area (Å²) in [6.07, 6.45) is -38.6. The lowest BCUT2D eigenvalue weighted by atomic mass is 9.77. The molecular formula is C15H7F15O6S. The topological polar surface area (TPSA) is 104 Å². The molecule has 0 atom stereocenters. The van der Waals surface area contributed by atoms with Crippen molar-refractivity contribution in [3.8, 4) is 5.75 Å². The Morgan fingerprint density at radius 1 is 0.622 bits per heavy atom. The Bertz CT molecular complexity index is 1050. The zero-order valence-electron chi connectivity index (χ0n) is 16.5. The number of alkyl halides is 15. The van der Waals surface area contributed by atoms with Gasteiger partial charge < -0.3 is 14.9 Å². The fourth-order valence-electron chi connectivity index (χ4n) is 2.53. The Balaban J connectivity index is 4.45. The minimum absolute atomic E-state index is 0.0117. The number of aliphatic hydroxyl groups is 2. The van der Waals surface area contributed by atoms with Gasteiger partial charge in [-0.3, -0.25) is 4.55 Å². The summed E-state index contributed by atoms with van der Waals surface area (Å²) in [6.45, 7) is 0. The van der Waals surface area contributed by atoms with Crippen molar-refractivity contribution in [1.82, 2.24) is 0 Å². The number of ether oxygens (including phenoxy) is 1. The zero-order valence-corrected chi connectivity index (χ0v) is 17.3. The molecule has 0 saturated heterocycles. The van der Waals surface area contributed by atoms with Crippen molar-refractivity contribution < 1.29 is 93.8 Å². The standard InChI is InChI=1S/C15H7F15O6S/c16-11(17,18)8(36-5-1-3-6(4-2-5)37(33,34)35)7(9(31,12(19,20)21)13(22,23)24)10(32,14(25,26)27)15(28,29)30/h1-4,31-32H,(H,33,34,35). The molecule has 0 heterocycles. The van der Waals surface area contributed by atoms with Crippen molar-refractivity contribution in [2.24, 2.45) is 0 Å². The highest BCUT2D eigenvalue weighted by Crippen LogP contribution is 2.59. The second-order valence-electron chi connectivity index (χ2n) is 6.66. The molecule has 0 aliphatic heterocycles. The molecule has 3 N–H and O–H groups in total. The van der Waals surface area contributed by atoms with E-state index in [0.29, 0.717) is 0 Å². The van der Waals surface area contributed by atoms with E-state index in [-0.39, 0.29) is 24.3 Å². The van der Waals surface area contributed by atoms with Crippen molar-refractivity contribution in [1.29, 1.82) is 0 Å². The van der Waals surface area contributed by atoms with Crippen molar-refractivity contribution >= 4 is 10.1 Å². The zero-order chi connectivity index (χ0) is 29.8. The van der Waals surface area contributed by atoms with E-state index < -0.39 is 74.2 Å². The van der Waals surface area contributed by atoms with Gasteiger partial charge in [0.25, 0.3) is 21.3 Å². The van der Waals surface area contributed by atoms with Crippen LogP contribution in [0.3, 0.4) is 0 Å². The van der Waals surface area contributed by atoms with Crippen molar-refractivity contribution in [3.05, 3.63) is 35.6 Å².